The quantitative estimate of drug-likeness (QED) is 0.623. The molecule has 22 heavy (non-hydrogen) atoms. The molecule has 2 aromatic rings. The SMILES string of the molecule is CC.COc1ccc(C)cc1.Cc1cccc(C(F)(F)F)c1. The van der Waals surface area contributed by atoms with Crippen LogP contribution in [-0.4, -0.2) is 7.11 Å². The van der Waals surface area contributed by atoms with E-state index in [0.717, 1.165) is 17.9 Å². The smallest absolute Gasteiger partial charge is 0.416 e. The summed E-state index contributed by atoms with van der Waals surface area (Å²) in [5.74, 6) is 0.917. The van der Waals surface area contributed by atoms with Crippen LogP contribution in [0.2, 0.25) is 0 Å². The first-order valence-corrected chi connectivity index (χ1v) is 7.07. The molecule has 2 rings (SSSR count). The van der Waals surface area contributed by atoms with Gasteiger partial charge in [-0.2, -0.15) is 13.2 Å². The molecule has 0 amide bonds. The number of ether oxygens (including phenoxy) is 1. The molecule has 0 atom stereocenters. The van der Waals surface area contributed by atoms with E-state index in [9.17, 15) is 13.2 Å². The van der Waals surface area contributed by atoms with Crippen molar-refractivity contribution in [3.05, 3.63) is 65.2 Å². The molecule has 0 heterocycles. The van der Waals surface area contributed by atoms with E-state index < -0.39 is 11.7 Å². The minimum Gasteiger partial charge on any atom is -0.497 e. The molecule has 0 unspecified atom stereocenters. The van der Waals surface area contributed by atoms with Crippen molar-refractivity contribution >= 4 is 0 Å². The van der Waals surface area contributed by atoms with Crippen molar-refractivity contribution in [1.82, 2.24) is 0 Å². The molecular weight excluding hydrogens is 289 g/mol. The van der Waals surface area contributed by atoms with Gasteiger partial charge in [0.1, 0.15) is 5.75 Å². The number of hydrogen-bond donors (Lipinski definition) is 0. The van der Waals surface area contributed by atoms with Crippen molar-refractivity contribution in [2.75, 3.05) is 7.11 Å². The minimum atomic E-state index is -4.22. The first kappa shape index (κ1) is 20.0. The Hall–Kier alpha value is -1.97. The number of methoxy groups -OCH3 is 1. The third-order valence-electron chi connectivity index (χ3n) is 2.60. The maximum Gasteiger partial charge on any atom is 0.416 e. The second kappa shape index (κ2) is 9.87. The van der Waals surface area contributed by atoms with Crippen LogP contribution in [0.4, 0.5) is 13.2 Å². The van der Waals surface area contributed by atoms with E-state index in [0.29, 0.717) is 5.56 Å². The first-order valence-electron chi connectivity index (χ1n) is 7.07. The minimum absolute atomic E-state index is 0.586. The van der Waals surface area contributed by atoms with Crippen molar-refractivity contribution in [3.63, 3.8) is 0 Å². The lowest BCUT2D eigenvalue weighted by atomic mass is 10.1. The van der Waals surface area contributed by atoms with Gasteiger partial charge in [-0.25, -0.2) is 0 Å². The Kier molecular flexibility index (Phi) is 8.99. The van der Waals surface area contributed by atoms with Crippen LogP contribution in [0, 0.1) is 13.8 Å². The average molecular weight is 312 g/mol. The maximum absolute atomic E-state index is 12.0. The molecule has 0 aliphatic heterocycles. The Morgan fingerprint density at radius 3 is 1.73 bits per heavy atom. The lowest BCUT2D eigenvalue weighted by Gasteiger charge is -2.05. The standard InChI is InChI=1S/C8H7F3.C8H10O.C2H6/c1-6-3-2-4-7(5-6)8(9,10)11;1-7-3-5-8(9-2)6-4-7;1-2/h2-5H,1H3;3-6H,1-2H3;1-2H3. The number of hydrogen-bond acceptors (Lipinski definition) is 1. The summed E-state index contributed by atoms with van der Waals surface area (Å²) in [7, 11) is 1.67. The summed E-state index contributed by atoms with van der Waals surface area (Å²) in [5, 5.41) is 0. The molecule has 4 heteroatoms. The highest BCUT2D eigenvalue weighted by Crippen LogP contribution is 2.29. The second-order valence-corrected chi connectivity index (χ2v) is 4.38. The Morgan fingerprint density at radius 1 is 0.818 bits per heavy atom. The summed E-state index contributed by atoms with van der Waals surface area (Å²) in [4.78, 5) is 0. The molecule has 122 valence electrons. The number of rotatable bonds is 1. The van der Waals surface area contributed by atoms with Crippen LogP contribution < -0.4 is 4.74 Å². The molecule has 0 aliphatic rings. The summed E-state index contributed by atoms with van der Waals surface area (Å²) in [6.45, 7) is 7.69. The molecule has 0 aromatic heterocycles. The average Bonchev–Trinajstić information content (AvgIpc) is 2.50. The molecule has 0 N–H and O–H groups in total. The van der Waals surface area contributed by atoms with Gasteiger partial charge in [0, 0.05) is 0 Å². The molecule has 0 radical (unpaired) electrons. The highest BCUT2D eigenvalue weighted by molar-refractivity contribution is 5.26. The van der Waals surface area contributed by atoms with Crippen LogP contribution in [0.25, 0.3) is 0 Å². The van der Waals surface area contributed by atoms with Gasteiger partial charge in [0.25, 0.3) is 0 Å². The topological polar surface area (TPSA) is 9.23 Å². The number of alkyl halides is 3. The van der Waals surface area contributed by atoms with E-state index in [-0.39, 0.29) is 0 Å². The van der Waals surface area contributed by atoms with Crippen LogP contribution in [-0.2, 0) is 6.18 Å². The summed E-state index contributed by atoms with van der Waals surface area (Å²) >= 11 is 0. The Balaban J connectivity index is 0.000000366. The van der Waals surface area contributed by atoms with E-state index in [2.05, 4.69) is 6.92 Å². The third kappa shape index (κ3) is 7.72. The molecule has 0 bridgehead atoms. The molecule has 0 saturated carbocycles. The number of halogens is 3. The van der Waals surface area contributed by atoms with Gasteiger partial charge in [-0.05, 0) is 32.0 Å². The van der Waals surface area contributed by atoms with E-state index in [1.165, 1.54) is 11.6 Å². The Labute approximate surface area is 130 Å². The van der Waals surface area contributed by atoms with Gasteiger partial charge in [0.2, 0.25) is 0 Å². The molecule has 2 aromatic carbocycles. The van der Waals surface area contributed by atoms with E-state index in [4.69, 9.17) is 4.74 Å². The third-order valence-corrected chi connectivity index (χ3v) is 2.60. The van der Waals surface area contributed by atoms with Gasteiger partial charge < -0.3 is 4.74 Å². The molecule has 0 fully saturated rings. The Morgan fingerprint density at radius 2 is 1.36 bits per heavy atom. The predicted octanol–water partition coefficient (Wildman–Crippen LogP) is 6.04. The summed E-state index contributed by atoms with van der Waals surface area (Å²) < 4.78 is 40.9. The lowest BCUT2D eigenvalue weighted by molar-refractivity contribution is -0.137. The van der Waals surface area contributed by atoms with Crippen LogP contribution >= 0.6 is 0 Å². The normalized spacial score (nSPS) is 9.82. The van der Waals surface area contributed by atoms with Gasteiger partial charge in [-0.1, -0.05) is 55.3 Å². The van der Waals surface area contributed by atoms with Gasteiger partial charge in [-0.3, -0.25) is 0 Å². The molecule has 0 spiro atoms. The Bertz CT molecular complexity index is 531. The fourth-order valence-electron chi connectivity index (χ4n) is 1.50. The van der Waals surface area contributed by atoms with E-state index in [1.807, 2.05) is 38.1 Å². The van der Waals surface area contributed by atoms with Crippen LogP contribution in [0.5, 0.6) is 5.75 Å². The van der Waals surface area contributed by atoms with Crippen molar-refractivity contribution in [2.24, 2.45) is 0 Å². The summed E-state index contributed by atoms with van der Waals surface area (Å²) in [5.41, 5.74) is 1.30. The van der Waals surface area contributed by atoms with Crippen molar-refractivity contribution in [3.8, 4) is 5.75 Å². The number of aryl methyl sites for hydroxylation is 2. The number of benzene rings is 2. The zero-order chi connectivity index (χ0) is 17.2. The molecule has 1 nitrogen and oxygen atoms in total. The van der Waals surface area contributed by atoms with Gasteiger partial charge in [0.15, 0.2) is 0 Å². The fourth-order valence-corrected chi connectivity index (χ4v) is 1.50. The zero-order valence-electron chi connectivity index (χ0n) is 13.7. The van der Waals surface area contributed by atoms with Gasteiger partial charge in [0.05, 0.1) is 12.7 Å². The molecular formula is C18H23F3O. The van der Waals surface area contributed by atoms with Crippen LogP contribution in [0.1, 0.15) is 30.5 Å². The largest absolute Gasteiger partial charge is 0.497 e. The monoisotopic (exact) mass is 312 g/mol. The maximum atomic E-state index is 12.0. The second-order valence-electron chi connectivity index (χ2n) is 4.38. The fraction of sp³-hybridized carbons (Fsp3) is 0.333. The predicted molar refractivity (Wildman–Crippen MR) is 85.3 cm³/mol. The molecule has 0 saturated heterocycles. The van der Waals surface area contributed by atoms with E-state index in [1.54, 1.807) is 20.1 Å². The summed E-state index contributed by atoms with van der Waals surface area (Å²) in [6.07, 6.45) is -4.22. The zero-order valence-corrected chi connectivity index (χ0v) is 13.7. The van der Waals surface area contributed by atoms with Crippen molar-refractivity contribution < 1.29 is 17.9 Å². The molecule has 0 aliphatic carbocycles. The first-order chi connectivity index (χ1) is 10.3. The van der Waals surface area contributed by atoms with Crippen molar-refractivity contribution in [1.29, 1.82) is 0 Å². The highest BCUT2D eigenvalue weighted by Gasteiger charge is 2.29. The van der Waals surface area contributed by atoms with Gasteiger partial charge >= 0.3 is 6.18 Å². The van der Waals surface area contributed by atoms with Gasteiger partial charge in [-0.15, -0.1) is 0 Å². The van der Waals surface area contributed by atoms with Crippen LogP contribution in [0.3, 0.4) is 0 Å². The van der Waals surface area contributed by atoms with Crippen LogP contribution in [0.15, 0.2) is 48.5 Å². The van der Waals surface area contributed by atoms with E-state index >= 15 is 0 Å². The summed E-state index contributed by atoms with van der Waals surface area (Å²) in [6, 6.07) is 13.2. The van der Waals surface area contributed by atoms with Crippen molar-refractivity contribution in [2.45, 2.75) is 33.9 Å². The lowest BCUT2D eigenvalue weighted by Crippen LogP contribution is -2.04. The highest BCUT2D eigenvalue weighted by atomic mass is 19.4.